The van der Waals surface area contributed by atoms with Gasteiger partial charge in [0.2, 0.25) is 11.8 Å². The highest BCUT2D eigenvalue weighted by atomic mass is 32.2. The number of aryl methyl sites for hydroxylation is 2. The molecule has 0 fully saturated rings. The molecule has 1 aromatic heterocycles. The molecule has 0 aliphatic heterocycles. The predicted molar refractivity (Wildman–Crippen MR) is 113 cm³/mol. The number of hydrogen-bond donors (Lipinski definition) is 1. The SMILES string of the molecule is CC(=O)[C@@H](Cc1ccccc1)NC(=O)CSc1nnc(-c2ccc(C)c(C)c2)o1. The van der Waals surface area contributed by atoms with E-state index in [1.807, 2.05) is 62.4 Å². The van der Waals surface area contributed by atoms with Crippen LogP contribution in [0.4, 0.5) is 0 Å². The highest BCUT2D eigenvalue weighted by Crippen LogP contribution is 2.24. The maximum atomic E-state index is 12.3. The highest BCUT2D eigenvalue weighted by molar-refractivity contribution is 7.99. The van der Waals surface area contributed by atoms with Gasteiger partial charge in [0.25, 0.3) is 5.22 Å². The molecule has 3 rings (SSSR count). The van der Waals surface area contributed by atoms with Crippen LogP contribution in [0.25, 0.3) is 11.5 Å². The Balaban J connectivity index is 1.56. The third-order valence-corrected chi connectivity index (χ3v) is 5.41. The summed E-state index contributed by atoms with van der Waals surface area (Å²) < 4.78 is 5.66. The van der Waals surface area contributed by atoms with Gasteiger partial charge >= 0.3 is 0 Å². The van der Waals surface area contributed by atoms with Crippen LogP contribution in [0, 0.1) is 13.8 Å². The minimum absolute atomic E-state index is 0.0815. The third-order valence-electron chi connectivity index (χ3n) is 4.60. The van der Waals surface area contributed by atoms with E-state index in [9.17, 15) is 9.59 Å². The second-order valence-electron chi connectivity index (χ2n) is 6.88. The largest absolute Gasteiger partial charge is 0.411 e. The number of benzene rings is 2. The lowest BCUT2D eigenvalue weighted by molar-refractivity contribution is -0.125. The molecule has 0 aliphatic carbocycles. The number of Topliss-reactive ketones (excluding diaryl/α,β-unsaturated/α-hetero) is 1. The van der Waals surface area contributed by atoms with E-state index in [0.29, 0.717) is 17.5 Å². The first-order valence-corrected chi connectivity index (χ1v) is 10.3. The zero-order chi connectivity index (χ0) is 20.8. The number of rotatable bonds is 8. The Bertz CT molecular complexity index is 1000. The standard InChI is InChI=1S/C22H23N3O3S/c1-14-9-10-18(11-15(14)2)21-24-25-22(28-21)29-13-20(27)23-19(16(3)26)12-17-7-5-4-6-8-17/h4-11,19H,12-13H2,1-3H3,(H,23,27)/t19-/m1/s1. The molecule has 0 saturated heterocycles. The van der Waals surface area contributed by atoms with Gasteiger partial charge in [0.1, 0.15) is 0 Å². The molecule has 29 heavy (non-hydrogen) atoms. The predicted octanol–water partition coefficient (Wildman–Crippen LogP) is 3.76. The quantitative estimate of drug-likeness (QED) is 0.570. The van der Waals surface area contributed by atoms with Gasteiger partial charge in [0, 0.05) is 5.56 Å². The lowest BCUT2D eigenvalue weighted by Gasteiger charge is -2.15. The molecule has 0 bridgehead atoms. The van der Waals surface area contributed by atoms with Gasteiger partial charge in [-0.25, -0.2) is 0 Å². The van der Waals surface area contributed by atoms with Gasteiger partial charge in [-0.3, -0.25) is 9.59 Å². The van der Waals surface area contributed by atoms with Gasteiger partial charge in [0.15, 0.2) is 5.78 Å². The second kappa shape index (κ2) is 9.52. The number of nitrogens with one attached hydrogen (secondary N) is 1. The van der Waals surface area contributed by atoms with E-state index in [4.69, 9.17) is 4.42 Å². The van der Waals surface area contributed by atoms with Crippen LogP contribution in [0.5, 0.6) is 0 Å². The fraction of sp³-hybridized carbons (Fsp3) is 0.273. The first kappa shape index (κ1) is 20.8. The molecular weight excluding hydrogens is 386 g/mol. The molecule has 3 aromatic rings. The van der Waals surface area contributed by atoms with E-state index in [-0.39, 0.29) is 17.4 Å². The fourth-order valence-electron chi connectivity index (χ4n) is 2.77. The minimum atomic E-state index is -0.556. The van der Waals surface area contributed by atoms with Gasteiger partial charge in [-0.2, -0.15) is 0 Å². The summed E-state index contributed by atoms with van der Waals surface area (Å²) >= 11 is 1.15. The Hall–Kier alpha value is -2.93. The molecule has 7 heteroatoms. The van der Waals surface area contributed by atoms with Crippen LogP contribution in [0.1, 0.15) is 23.6 Å². The molecule has 0 radical (unpaired) electrons. The lowest BCUT2D eigenvalue weighted by Crippen LogP contribution is -2.42. The van der Waals surface area contributed by atoms with E-state index in [0.717, 1.165) is 28.5 Å². The Morgan fingerprint density at radius 2 is 1.83 bits per heavy atom. The summed E-state index contributed by atoms with van der Waals surface area (Å²) in [4.78, 5) is 24.2. The molecule has 0 spiro atoms. The van der Waals surface area contributed by atoms with Gasteiger partial charge in [0.05, 0.1) is 11.8 Å². The minimum Gasteiger partial charge on any atom is -0.411 e. The number of ketones is 1. The summed E-state index contributed by atoms with van der Waals surface area (Å²) in [6, 6.07) is 15.0. The molecule has 1 atom stereocenters. The van der Waals surface area contributed by atoms with Crippen LogP contribution in [0.2, 0.25) is 0 Å². The summed E-state index contributed by atoms with van der Waals surface area (Å²) in [5.41, 5.74) is 4.17. The van der Waals surface area contributed by atoms with Crippen LogP contribution in [0.15, 0.2) is 58.2 Å². The van der Waals surface area contributed by atoms with Gasteiger partial charge in [-0.05, 0) is 56.0 Å². The van der Waals surface area contributed by atoms with Crippen molar-refractivity contribution >= 4 is 23.5 Å². The van der Waals surface area contributed by atoms with Crippen molar-refractivity contribution in [2.24, 2.45) is 0 Å². The Labute approximate surface area is 174 Å². The highest BCUT2D eigenvalue weighted by Gasteiger charge is 2.18. The average Bonchev–Trinajstić information content (AvgIpc) is 3.18. The number of carbonyl (C=O) groups is 2. The summed E-state index contributed by atoms with van der Waals surface area (Å²) in [6.45, 7) is 5.55. The van der Waals surface area contributed by atoms with Crippen molar-refractivity contribution in [3.63, 3.8) is 0 Å². The van der Waals surface area contributed by atoms with Crippen LogP contribution in [-0.4, -0.2) is 33.7 Å². The topological polar surface area (TPSA) is 85.1 Å². The Morgan fingerprint density at radius 1 is 1.07 bits per heavy atom. The first-order chi connectivity index (χ1) is 13.9. The average molecular weight is 410 g/mol. The van der Waals surface area contributed by atoms with Gasteiger partial charge in [-0.1, -0.05) is 48.2 Å². The molecule has 6 nitrogen and oxygen atoms in total. The number of thioether (sulfide) groups is 1. The van der Waals surface area contributed by atoms with Crippen molar-refractivity contribution in [1.82, 2.24) is 15.5 Å². The molecule has 1 heterocycles. The normalized spacial score (nSPS) is 11.8. The van der Waals surface area contributed by atoms with Gasteiger partial charge in [-0.15, -0.1) is 10.2 Å². The fourth-order valence-corrected chi connectivity index (χ4v) is 3.34. The van der Waals surface area contributed by atoms with Crippen molar-refractivity contribution in [1.29, 1.82) is 0 Å². The number of aromatic nitrogens is 2. The number of nitrogens with zero attached hydrogens (tertiary/aromatic N) is 2. The molecule has 2 aromatic carbocycles. The van der Waals surface area contributed by atoms with Gasteiger partial charge < -0.3 is 9.73 Å². The third kappa shape index (κ3) is 5.77. The maximum Gasteiger partial charge on any atom is 0.277 e. The van der Waals surface area contributed by atoms with Crippen molar-refractivity contribution in [2.45, 2.75) is 38.5 Å². The number of carbonyl (C=O) groups excluding carboxylic acids is 2. The van der Waals surface area contributed by atoms with Crippen LogP contribution in [0.3, 0.4) is 0 Å². The lowest BCUT2D eigenvalue weighted by atomic mass is 10.0. The van der Waals surface area contributed by atoms with Crippen LogP contribution >= 0.6 is 11.8 Å². The van der Waals surface area contributed by atoms with E-state index >= 15 is 0 Å². The van der Waals surface area contributed by atoms with E-state index in [1.165, 1.54) is 12.5 Å². The zero-order valence-corrected chi connectivity index (χ0v) is 17.5. The van der Waals surface area contributed by atoms with Crippen LogP contribution in [-0.2, 0) is 16.0 Å². The Kier molecular flexibility index (Phi) is 6.82. The number of amides is 1. The smallest absolute Gasteiger partial charge is 0.277 e. The molecule has 150 valence electrons. The molecule has 0 saturated carbocycles. The summed E-state index contributed by atoms with van der Waals surface area (Å²) in [5.74, 6) is 0.174. The van der Waals surface area contributed by atoms with Crippen molar-refractivity contribution in [2.75, 3.05) is 5.75 Å². The summed E-state index contributed by atoms with van der Waals surface area (Å²) in [6.07, 6.45) is 0.462. The van der Waals surface area contributed by atoms with Crippen molar-refractivity contribution < 1.29 is 14.0 Å². The van der Waals surface area contributed by atoms with E-state index < -0.39 is 6.04 Å². The monoisotopic (exact) mass is 409 g/mol. The molecule has 1 amide bonds. The molecule has 0 unspecified atom stereocenters. The molecule has 1 N–H and O–H groups in total. The van der Waals surface area contributed by atoms with Crippen molar-refractivity contribution in [3.8, 4) is 11.5 Å². The van der Waals surface area contributed by atoms with E-state index in [1.54, 1.807) is 0 Å². The summed E-state index contributed by atoms with van der Waals surface area (Å²) in [5, 5.41) is 11.2. The first-order valence-electron chi connectivity index (χ1n) is 9.30. The van der Waals surface area contributed by atoms with E-state index in [2.05, 4.69) is 15.5 Å². The summed E-state index contributed by atoms with van der Waals surface area (Å²) in [7, 11) is 0. The number of hydrogen-bond acceptors (Lipinski definition) is 6. The zero-order valence-electron chi connectivity index (χ0n) is 16.6. The molecule has 0 aliphatic rings. The van der Waals surface area contributed by atoms with Crippen molar-refractivity contribution in [3.05, 3.63) is 65.2 Å². The second-order valence-corrected chi connectivity index (χ2v) is 7.81. The Morgan fingerprint density at radius 3 is 2.52 bits per heavy atom. The molecular formula is C22H23N3O3S. The van der Waals surface area contributed by atoms with Crippen LogP contribution < -0.4 is 5.32 Å². The maximum absolute atomic E-state index is 12.3.